The van der Waals surface area contributed by atoms with Gasteiger partial charge in [-0.3, -0.25) is 13.9 Å². The summed E-state index contributed by atoms with van der Waals surface area (Å²) in [5.41, 5.74) is 3.76. The van der Waals surface area contributed by atoms with E-state index < -0.39 is 5.69 Å². The molecule has 0 radical (unpaired) electrons. The monoisotopic (exact) mass is 418 g/mol. The molecule has 2 heterocycles. The minimum atomic E-state index is -0.409. The van der Waals surface area contributed by atoms with Gasteiger partial charge in [0.1, 0.15) is 0 Å². The zero-order valence-corrected chi connectivity index (χ0v) is 16.3. The third kappa shape index (κ3) is 3.22. The number of rotatable bonds is 5. The van der Waals surface area contributed by atoms with Crippen molar-refractivity contribution in [3.63, 3.8) is 0 Å². The van der Waals surface area contributed by atoms with Crippen LogP contribution in [0.5, 0.6) is 0 Å². The molecule has 0 aliphatic carbocycles. The Bertz CT molecular complexity index is 1090. The maximum absolute atomic E-state index is 12.6. The van der Waals surface area contributed by atoms with Crippen LogP contribution in [0.15, 0.2) is 43.4 Å². The van der Waals surface area contributed by atoms with E-state index in [0.717, 1.165) is 21.0 Å². The van der Waals surface area contributed by atoms with Crippen LogP contribution in [0.3, 0.4) is 0 Å². The Morgan fingerprint density at radius 3 is 2.54 bits per heavy atom. The largest absolute Gasteiger partial charge is 0.332 e. The molecule has 0 saturated heterocycles. The number of anilines is 1. The molecule has 1 N–H and O–H groups in total. The first kappa shape index (κ1) is 18.1. The summed E-state index contributed by atoms with van der Waals surface area (Å²) >= 11 is 3.39. The van der Waals surface area contributed by atoms with Crippen molar-refractivity contribution in [3.8, 4) is 0 Å². The zero-order valence-electron chi connectivity index (χ0n) is 14.7. The number of nitrogens with zero attached hydrogens (tertiary/aromatic N) is 5. The van der Waals surface area contributed by atoms with Crippen LogP contribution in [0.1, 0.15) is 18.9 Å². The van der Waals surface area contributed by atoms with Crippen molar-refractivity contribution in [1.82, 2.24) is 18.7 Å². The van der Waals surface area contributed by atoms with Crippen molar-refractivity contribution in [2.24, 2.45) is 19.2 Å². The number of imidazole rings is 1. The van der Waals surface area contributed by atoms with Crippen LogP contribution < -0.4 is 16.7 Å². The zero-order chi connectivity index (χ0) is 18.8. The molecule has 0 aliphatic rings. The second kappa shape index (κ2) is 7.28. The standard InChI is InChI=1S/C17H19BrN6O2/c1-4-9-24-13-14(22(2)17(26)23(3)15(13)25)20-16(24)21-19-10-11-5-7-12(18)8-6-11/h5-8,10H,4,9H2,1-3H3,(H,20,21)/b19-10+. The SMILES string of the molecule is CCCn1c(N/N=C/c2ccc(Br)cc2)nc2c1c(=O)n(C)c(=O)n2C. The van der Waals surface area contributed by atoms with Crippen LogP contribution in [-0.2, 0) is 20.6 Å². The van der Waals surface area contributed by atoms with Gasteiger partial charge in [0.2, 0.25) is 5.95 Å². The smallest absolute Gasteiger partial charge is 0.303 e. The highest BCUT2D eigenvalue weighted by molar-refractivity contribution is 9.10. The lowest BCUT2D eigenvalue weighted by Crippen LogP contribution is -2.37. The Labute approximate surface area is 157 Å². The number of hydrogen-bond acceptors (Lipinski definition) is 5. The molecule has 136 valence electrons. The average Bonchev–Trinajstić information content (AvgIpc) is 2.99. The van der Waals surface area contributed by atoms with Crippen molar-refractivity contribution in [3.05, 3.63) is 55.1 Å². The first-order valence-electron chi connectivity index (χ1n) is 8.15. The van der Waals surface area contributed by atoms with E-state index >= 15 is 0 Å². The minimum absolute atomic E-state index is 0.341. The summed E-state index contributed by atoms with van der Waals surface area (Å²) in [5.74, 6) is 0.425. The van der Waals surface area contributed by atoms with E-state index in [1.54, 1.807) is 17.8 Å². The van der Waals surface area contributed by atoms with Crippen molar-refractivity contribution in [2.45, 2.75) is 19.9 Å². The van der Waals surface area contributed by atoms with E-state index in [4.69, 9.17) is 0 Å². The van der Waals surface area contributed by atoms with Crippen molar-refractivity contribution < 1.29 is 0 Å². The lowest BCUT2D eigenvalue weighted by atomic mass is 10.2. The van der Waals surface area contributed by atoms with Crippen LogP contribution in [0.2, 0.25) is 0 Å². The van der Waals surface area contributed by atoms with E-state index in [1.165, 1.54) is 11.6 Å². The number of fused-ring (bicyclic) bond motifs is 1. The molecule has 8 nitrogen and oxygen atoms in total. The Balaban J connectivity index is 2.05. The van der Waals surface area contributed by atoms with E-state index in [-0.39, 0.29) is 5.56 Å². The normalized spacial score (nSPS) is 11.5. The maximum Gasteiger partial charge on any atom is 0.332 e. The van der Waals surface area contributed by atoms with Gasteiger partial charge in [0.05, 0.1) is 6.21 Å². The molecule has 0 spiro atoms. The molecule has 3 aromatic rings. The summed E-state index contributed by atoms with van der Waals surface area (Å²) in [6, 6.07) is 7.69. The third-order valence-electron chi connectivity index (χ3n) is 4.04. The van der Waals surface area contributed by atoms with Gasteiger partial charge in [0.15, 0.2) is 11.2 Å². The third-order valence-corrected chi connectivity index (χ3v) is 4.57. The molecule has 0 atom stereocenters. The summed E-state index contributed by atoms with van der Waals surface area (Å²) in [6.45, 7) is 2.59. The predicted octanol–water partition coefficient (Wildman–Crippen LogP) is 2.05. The Hall–Kier alpha value is -2.68. The maximum atomic E-state index is 12.6. The number of aromatic nitrogens is 4. The van der Waals surface area contributed by atoms with Gasteiger partial charge < -0.3 is 4.57 Å². The lowest BCUT2D eigenvalue weighted by Gasteiger charge is -2.07. The lowest BCUT2D eigenvalue weighted by molar-refractivity contribution is 0.679. The van der Waals surface area contributed by atoms with Gasteiger partial charge in [0.25, 0.3) is 5.56 Å². The second-order valence-corrected chi connectivity index (χ2v) is 6.80. The molecule has 1 aromatic carbocycles. The first-order chi connectivity index (χ1) is 12.4. The number of hydrogen-bond donors (Lipinski definition) is 1. The van der Waals surface area contributed by atoms with Gasteiger partial charge in [-0.1, -0.05) is 35.0 Å². The fourth-order valence-corrected chi connectivity index (χ4v) is 2.95. The Kier molecular flexibility index (Phi) is 5.08. The van der Waals surface area contributed by atoms with Gasteiger partial charge in [-0.25, -0.2) is 10.2 Å². The second-order valence-electron chi connectivity index (χ2n) is 5.89. The molecular formula is C17H19BrN6O2. The summed E-state index contributed by atoms with van der Waals surface area (Å²) < 4.78 is 5.21. The summed E-state index contributed by atoms with van der Waals surface area (Å²) in [6.07, 6.45) is 2.47. The quantitative estimate of drug-likeness (QED) is 0.507. The van der Waals surface area contributed by atoms with E-state index in [0.29, 0.717) is 23.7 Å². The molecule has 26 heavy (non-hydrogen) atoms. The number of nitrogens with one attached hydrogen (secondary N) is 1. The molecule has 0 fully saturated rings. The highest BCUT2D eigenvalue weighted by Gasteiger charge is 2.18. The highest BCUT2D eigenvalue weighted by Crippen LogP contribution is 2.16. The molecule has 0 saturated carbocycles. The van der Waals surface area contributed by atoms with Crippen LogP contribution in [-0.4, -0.2) is 24.9 Å². The number of halogens is 1. The molecule has 9 heteroatoms. The average molecular weight is 419 g/mol. The number of hydrazone groups is 1. The number of benzene rings is 1. The molecule has 3 rings (SSSR count). The summed E-state index contributed by atoms with van der Waals surface area (Å²) in [7, 11) is 3.06. The van der Waals surface area contributed by atoms with Gasteiger partial charge in [-0.05, 0) is 24.1 Å². The van der Waals surface area contributed by atoms with Crippen LogP contribution >= 0.6 is 15.9 Å². The highest BCUT2D eigenvalue weighted by atomic mass is 79.9. The molecule has 0 bridgehead atoms. The fourth-order valence-electron chi connectivity index (χ4n) is 2.69. The van der Waals surface area contributed by atoms with Crippen LogP contribution in [0.25, 0.3) is 11.2 Å². The summed E-state index contributed by atoms with van der Waals surface area (Å²) in [5, 5.41) is 4.21. The minimum Gasteiger partial charge on any atom is -0.303 e. The van der Waals surface area contributed by atoms with Crippen molar-refractivity contribution >= 4 is 39.3 Å². The van der Waals surface area contributed by atoms with Crippen molar-refractivity contribution in [2.75, 3.05) is 5.43 Å². The molecule has 0 unspecified atom stereocenters. The van der Waals surface area contributed by atoms with E-state index in [2.05, 4.69) is 31.4 Å². The molecule has 0 aliphatic heterocycles. The predicted molar refractivity (Wildman–Crippen MR) is 106 cm³/mol. The van der Waals surface area contributed by atoms with Gasteiger partial charge in [0, 0.05) is 25.1 Å². The topological polar surface area (TPSA) is 86.2 Å². The first-order valence-corrected chi connectivity index (χ1v) is 8.94. The van der Waals surface area contributed by atoms with Gasteiger partial charge >= 0.3 is 5.69 Å². The molecule has 2 aromatic heterocycles. The van der Waals surface area contributed by atoms with Gasteiger partial charge in [-0.15, -0.1) is 0 Å². The molecule has 0 amide bonds. The van der Waals surface area contributed by atoms with Crippen LogP contribution in [0.4, 0.5) is 5.95 Å². The molecular weight excluding hydrogens is 400 g/mol. The summed E-state index contributed by atoms with van der Waals surface area (Å²) in [4.78, 5) is 29.1. The Morgan fingerprint density at radius 1 is 1.19 bits per heavy atom. The van der Waals surface area contributed by atoms with E-state index in [1.807, 2.05) is 31.2 Å². The number of aryl methyl sites for hydroxylation is 2. The Morgan fingerprint density at radius 2 is 1.88 bits per heavy atom. The van der Waals surface area contributed by atoms with Gasteiger partial charge in [-0.2, -0.15) is 10.1 Å². The van der Waals surface area contributed by atoms with Crippen molar-refractivity contribution in [1.29, 1.82) is 0 Å². The fraction of sp³-hybridized carbons (Fsp3) is 0.294. The van der Waals surface area contributed by atoms with E-state index in [9.17, 15) is 9.59 Å². The van der Waals surface area contributed by atoms with Crippen LogP contribution in [0, 0.1) is 0 Å².